The van der Waals surface area contributed by atoms with Crippen LogP contribution in [0.2, 0.25) is 0 Å². The summed E-state index contributed by atoms with van der Waals surface area (Å²) in [4.78, 5) is 2.59. The smallest absolute Gasteiger partial charge is 0.0240 e. The van der Waals surface area contributed by atoms with E-state index >= 15 is 0 Å². The van der Waals surface area contributed by atoms with Crippen molar-refractivity contribution >= 4 is 0 Å². The molecule has 1 aliphatic heterocycles. The van der Waals surface area contributed by atoms with Crippen LogP contribution in [0, 0.1) is 6.92 Å². The Kier molecular flexibility index (Phi) is 3.62. The summed E-state index contributed by atoms with van der Waals surface area (Å²) in [5, 5.41) is 3.47. The van der Waals surface area contributed by atoms with E-state index < -0.39 is 0 Å². The molecule has 0 saturated carbocycles. The van der Waals surface area contributed by atoms with E-state index in [0.717, 1.165) is 19.6 Å². The second kappa shape index (κ2) is 4.98. The first-order valence-corrected chi connectivity index (χ1v) is 6.19. The highest BCUT2D eigenvalue weighted by Gasteiger charge is 2.23. The molecule has 0 aliphatic carbocycles. The number of benzene rings is 1. The van der Waals surface area contributed by atoms with Crippen molar-refractivity contribution in [3.63, 3.8) is 0 Å². The van der Waals surface area contributed by atoms with E-state index in [-0.39, 0.29) is 0 Å². The van der Waals surface area contributed by atoms with Gasteiger partial charge in [0, 0.05) is 31.7 Å². The van der Waals surface area contributed by atoms with Gasteiger partial charge in [-0.1, -0.05) is 29.8 Å². The van der Waals surface area contributed by atoms with Crippen LogP contribution in [0.1, 0.15) is 25.0 Å². The van der Waals surface area contributed by atoms with Crippen LogP contribution in [0.3, 0.4) is 0 Å². The van der Waals surface area contributed by atoms with Crippen molar-refractivity contribution < 1.29 is 0 Å². The molecule has 0 spiro atoms. The Balaban J connectivity index is 2.07. The monoisotopic (exact) mass is 218 g/mol. The topological polar surface area (TPSA) is 15.3 Å². The first kappa shape index (κ1) is 11.6. The lowest BCUT2D eigenvalue weighted by molar-refractivity contribution is 0.109. The van der Waals surface area contributed by atoms with Crippen LogP contribution in [-0.4, -0.2) is 30.1 Å². The molecule has 1 aromatic rings. The summed E-state index contributed by atoms with van der Waals surface area (Å²) < 4.78 is 0. The Labute approximate surface area is 98.7 Å². The number of nitrogens with one attached hydrogen (secondary N) is 1. The SMILES string of the molecule is Cc1cccc(CN2[C@H](C)CNC[C@@H]2C)c1. The van der Waals surface area contributed by atoms with Gasteiger partial charge in [0.05, 0.1) is 0 Å². The molecule has 2 rings (SSSR count). The average Bonchev–Trinajstić information content (AvgIpc) is 2.24. The highest BCUT2D eigenvalue weighted by atomic mass is 15.2. The Morgan fingerprint density at radius 1 is 1.25 bits per heavy atom. The third kappa shape index (κ3) is 2.63. The summed E-state index contributed by atoms with van der Waals surface area (Å²) in [6, 6.07) is 10.1. The largest absolute Gasteiger partial charge is 0.314 e. The van der Waals surface area contributed by atoms with E-state index in [4.69, 9.17) is 0 Å². The van der Waals surface area contributed by atoms with Gasteiger partial charge in [-0.2, -0.15) is 0 Å². The molecule has 0 radical (unpaired) electrons. The van der Waals surface area contributed by atoms with Gasteiger partial charge in [-0.05, 0) is 26.3 Å². The molecule has 1 N–H and O–H groups in total. The fourth-order valence-corrected chi connectivity index (χ4v) is 2.50. The Hall–Kier alpha value is -0.860. The minimum atomic E-state index is 0.629. The fourth-order valence-electron chi connectivity index (χ4n) is 2.50. The number of nitrogens with zero attached hydrogens (tertiary/aromatic N) is 1. The van der Waals surface area contributed by atoms with Gasteiger partial charge in [0.2, 0.25) is 0 Å². The summed E-state index contributed by atoms with van der Waals surface area (Å²) in [6.45, 7) is 10.1. The van der Waals surface area contributed by atoms with Crippen LogP contribution in [0.15, 0.2) is 24.3 Å². The van der Waals surface area contributed by atoms with Gasteiger partial charge < -0.3 is 5.32 Å². The van der Waals surface area contributed by atoms with Crippen LogP contribution in [0.5, 0.6) is 0 Å². The first-order valence-electron chi connectivity index (χ1n) is 6.19. The third-order valence-corrected chi connectivity index (χ3v) is 3.46. The highest BCUT2D eigenvalue weighted by molar-refractivity contribution is 5.22. The standard InChI is InChI=1S/C14H22N2/c1-11-5-4-6-14(7-11)10-16-12(2)8-15-9-13(16)3/h4-7,12-13,15H,8-10H2,1-3H3/t12-,13+. The summed E-state index contributed by atoms with van der Waals surface area (Å²) in [5.41, 5.74) is 2.79. The normalized spacial score (nSPS) is 26.9. The van der Waals surface area contributed by atoms with Crippen LogP contribution >= 0.6 is 0 Å². The minimum Gasteiger partial charge on any atom is -0.314 e. The summed E-state index contributed by atoms with van der Waals surface area (Å²) in [6.07, 6.45) is 0. The van der Waals surface area contributed by atoms with Crippen LogP contribution in [0.4, 0.5) is 0 Å². The van der Waals surface area contributed by atoms with Gasteiger partial charge in [0.15, 0.2) is 0 Å². The van der Waals surface area contributed by atoms with Gasteiger partial charge in [0.25, 0.3) is 0 Å². The summed E-state index contributed by atoms with van der Waals surface area (Å²) in [5.74, 6) is 0. The molecule has 1 saturated heterocycles. The van der Waals surface area contributed by atoms with E-state index in [2.05, 4.69) is 55.3 Å². The summed E-state index contributed by atoms with van der Waals surface area (Å²) in [7, 11) is 0. The molecule has 0 amide bonds. The Morgan fingerprint density at radius 2 is 1.94 bits per heavy atom. The van der Waals surface area contributed by atoms with E-state index in [1.807, 2.05) is 0 Å². The van der Waals surface area contributed by atoms with Crippen molar-refractivity contribution in [3.05, 3.63) is 35.4 Å². The molecule has 2 nitrogen and oxygen atoms in total. The second-order valence-corrected chi connectivity index (χ2v) is 5.02. The maximum atomic E-state index is 3.47. The fraction of sp³-hybridized carbons (Fsp3) is 0.571. The Bertz CT molecular complexity index is 338. The molecular formula is C14H22N2. The van der Waals surface area contributed by atoms with Crippen LogP contribution in [-0.2, 0) is 6.54 Å². The molecule has 1 aliphatic rings. The molecule has 0 aromatic heterocycles. The zero-order valence-corrected chi connectivity index (χ0v) is 10.5. The quantitative estimate of drug-likeness (QED) is 0.818. The number of rotatable bonds is 2. The van der Waals surface area contributed by atoms with Crippen molar-refractivity contribution in [2.45, 2.75) is 39.4 Å². The zero-order valence-electron chi connectivity index (χ0n) is 10.5. The van der Waals surface area contributed by atoms with Crippen molar-refractivity contribution in [2.24, 2.45) is 0 Å². The highest BCUT2D eigenvalue weighted by Crippen LogP contribution is 2.15. The van der Waals surface area contributed by atoms with Crippen molar-refractivity contribution in [3.8, 4) is 0 Å². The zero-order chi connectivity index (χ0) is 11.5. The molecular weight excluding hydrogens is 196 g/mol. The molecule has 16 heavy (non-hydrogen) atoms. The van der Waals surface area contributed by atoms with Crippen molar-refractivity contribution in [1.82, 2.24) is 10.2 Å². The predicted octanol–water partition coefficient (Wildman–Crippen LogP) is 2.18. The molecule has 2 heteroatoms. The third-order valence-electron chi connectivity index (χ3n) is 3.46. The molecule has 88 valence electrons. The number of hydrogen-bond acceptors (Lipinski definition) is 2. The van der Waals surface area contributed by atoms with E-state index in [0.29, 0.717) is 12.1 Å². The summed E-state index contributed by atoms with van der Waals surface area (Å²) >= 11 is 0. The lowest BCUT2D eigenvalue weighted by Crippen LogP contribution is -2.54. The van der Waals surface area contributed by atoms with Crippen LogP contribution in [0.25, 0.3) is 0 Å². The Morgan fingerprint density at radius 3 is 2.56 bits per heavy atom. The van der Waals surface area contributed by atoms with Crippen molar-refractivity contribution in [2.75, 3.05) is 13.1 Å². The number of piperazine rings is 1. The van der Waals surface area contributed by atoms with Gasteiger partial charge >= 0.3 is 0 Å². The second-order valence-electron chi connectivity index (χ2n) is 5.02. The number of hydrogen-bond donors (Lipinski definition) is 1. The molecule has 1 aromatic carbocycles. The number of aryl methyl sites for hydroxylation is 1. The van der Waals surface area contributed by atoms with Crippen LogP contribution < -0.4 is 5.32 Å². The first-order chi connectivity index (χ1) is 7.66. The van der Waals surface area contributed by atoms with E-state index in [1.165, 1.54) is 11.1 Å². The van der Waals surface area contributed by atoms with Gasteiger partial charge in [-0.25, -0.2) is 0 Å². The van der Waals surface area contributed by atoms with Crippen molar-refractivity contribution in [1.29, 1.82) is 0 Å². The lowest BCUT2D eigenvalue weighted by atomic mass is 10.1. The molecule has 0 bridgehead atoms. The predicted molar refractivity (Wildman–Crippen MR) is 68.5 cm³/mol. The molecule has 2 atom stereocenters. The van der Waals surface area contributed by atoms with Gasteiger partial charge in [-0.15, -0.1) is 0 Å². The molecule has 1 heterocycles. The van der Waals surface area contributed by atoms with E-state index in [9.17, 15) is 0 Å². The maximum Gasteiger partial charge on any atom is 0.0240 e. The van der Waals surface area contributed by atoms with Gasteiger partial charge in [0.1, 0.15) is 0 Å². The average molecular weight is 218 g/mol. The maximum absolute atomic E-state index is 3.47. The van der Waals surface area contributed by atoms with E-state index in [1.54, 1.807) is 0 Å². The van der Waals surface area contributed by atoms with Gasteiger partial charge in [-0.3, -0.25) is 4.90 Å². The lowest BCUT2D eigenvalue weighted by Gasteiger charge is -2.39. The minimum absolute atomic E-state index is 0.629. The molecule has 1 fully saturated rings. The molecule has 0 unspecified atom stereocenters.